The Balaban J connectivity index is 2.49. The van der Waals surface area contributed by atoms with Crippen molar-refractivity contribution in [2.75, 3.05) is 0 Å². The van der Waals surface area contributed by atoms with Gasteiger partial charge in [-0.05, 0) is 45.2 Å². The number of benzene rings is 1. The van der Waals surface area contributed by atoms with E-state index in [4.69, 9.17) is 0 Å². The summed E-state index contributed by atoms with van der Waals surface area (Å²) in [6.45, 7) is 0. The SMILES string of the molecule is Fc1ccc(-c2cnns2)cc1Br. The third kappa shape index (κ3) is 1.76. The van der Waals surface area contributed by atoms with Gasteiger partial charge in [-0.1, -0.05) is 10.6 Å². The van der Waals surface area contributed by atoms with Crippen LogP contribution in [-0.4, -0.2) is 9.59 Å². The van der Waals surface area contributed by atoms with Gasteiger partial charge in [-0.3, -0.25) is 0 Å². The first-order valence-electron chi connectivity index (χ1n) is 3.50. The maximum Gasteiger partial charge on any atom is 0.137 e. The predicted octanol–water partition coefficient (Wildman–Crippen LogP) is 3.11. The molecule has 66 valence electrons. The molecule has 0 aliphatic carbocycles. The minimum atomic E-state index is -0.263. The summed E-state index contributed by atoms with van der Waals surface area (Å²) in [6, 6.07) is 4.83. The highest BCUT2D eigenvalue weighted by Crippen LogP contribution is 2.26. The van der Waals surface area contributed by atoms with Crippen LogP contribution in [0.4, 0.5) is 4.39 Å². The second-order valence-corrected chi connectivity index (χ2v) is 4.05. The molecule has 0 unspecified atom stereocenters. The summed E-state index contributed by atoms with van der Waals surface area (Å²) in [6.07, 6.45) is 1.66. The molecular formula is C8H4BrFN2S. The normalized spacial score (nSPS) is 10.3. The minimum Gasteiger partial charge on any atom is -0.206 e. The van der Waals surface area contributed by atoms with Crippen LogP contribution in [0.3, 0.4) is 0 Å². The summed E-state index contributed by atoms with van der Waals surface area (Å²) in [5.41, 5.74) is 0.920. The zero-order valence-corrected chi connectivity index (χ0v) is 8.77. The lowest BCUT2D eigenvalue weighted by molar-refractivity contribution is 0.621. The molecule has 0 saturated heterocycles. The maximum atomic E-state index is 12.9. The maximum absolute atomic E-state index is 12.9. The largest absolute Gasteiger partial charge is 0.206 e. The molecule has 0 radical (unpaired) electrons. The molecule has 1 heterocycles. The lowest BCUT2D eigenvalue weighted by Gasteiger charge is -1.97. The van der Waals surface area contributed by atoms with E-state index in [9.17, 15) is 4.39 Å². The number of hydrogen-bond acceptors (Lipinski definition) is 3. The molecule has 0 aliphatic rings. The standard InChI is InChI=1S/C8H4BrFN2S/c9-6-3-5(1-2-7(6)10)8-4-11-12-13-8/h1-4H. The molecule has 0 atom stereocenters. The molecule has 2 aromatic rings. The fraction of sp³-hybridized carbons (Fsp3) is 0. The zero-order valence-electron chi connectivity index (χ0n) is 6.37. The Morgan fingerprint density at radius 2 is 2.23 bits per heavy atom. The van der Waals surface area contributed by atoms with E-state index in [0.717, 1.165) is 10.4 Å². The van der Waals surface area contributed by atoms with E-state index in [2.05, 4.69) is 25.5 Å². The van der Waals surface area contributed by atoms with Crippen molar-refractivity contribution in [3.63, 3.8) is 0 Å². The summed E-state index contributed by atoms with van der Waals surface area (Å²) in [7, 11) is 0. The molecule has 2 nitrogen and oxygen atoms in total. The highest BCUT2D eigenvalue weighted by molar-refractivity contribution is 9.10. The van der Waals surface area contributed by atoms with Crippen LogP contribution in [-0.2, 0) is 0 Å². The monoisotopic (exact) mass is 258 g/mol. The van der Waals surface area contributed by atoms with Gasteiger partial charge < -0.3 is 0 Å². The Morgan fingerprint density at radius 3 is 2.85 bits per heavy atom. The number of rotatable bonds is 1. The minimum absolute atomic E-state index is 0.263. The first-order chi connectivity index (χ1) is 6.27. The van der Waals surface area contributed by atoms with Gasteiger partial charge in [0.05, 0.1) is 15.5 Å². The van der Waals surface area contributed by atoms with Gasteiger partial charge in [0.2, 0.25) is 0 Å². The smallest absolute Gasteiger partial charge is 0.137 e. The molecule has 13 heavy (non-hydrogen) atoms. The molecule has 0 bridgehead atoms. The second-order valence-electron chi connectivity index (χ2n) is 2.41. The lowest BCUT2D eigenvalue weighted by atomic mass is 10.2. The van der Waals surface area contributed by atoms with Gasteiger partial charge >= 0.3 is 0 Å². The fourth-order valence-corrected chi connectivity index (χ4v) is 1.83. The Labute approximate surface area is 86.7 Å². The van der Waals surface area contributed by atoms with Crippen molar-refractivity contribution in [2.45, 2.75) is 0 Å². The predicted molar refractivity (Wildman–Crippen MR) is 53.0 cm³/mol. The van der Waals surface area contributed by atoms with E-state index in [1.807, 2.05) is 0 Å². The van der Waals surface area contributed by atoms with Gasteiger partial charge in [-0.25, -0.2) is 4.39 Å². The third-order valence-corrected chi connectivity index (χ3v) is 2.89. The molecule has 0 spiro atoms. The third-order valence-electron chi connectivity index (χ3n) is 1.57. The molecule has 5 heteroatoms. The van der Waals surface area contributed by atoms with Gasteiger partial charge in [0.15, 0.2) is 0 Å². The highest BCUT2D eigenvalue weighted by atomic mass is 79.9. The Hall–Kier alpha value is -0.810. The molecule has 2 rings (SSSR count). The molecule has 1 aromatic heterocycles. The van der Waals surface area contributed by atoms with E-state index < -0.39 is 0 Å². The van der Waals surface area contributed by atoms with E-state index in [0.29, 0.717) is 4.47 Å². The van der Waals surface area contributed by atoms with Crippen LogP contribution in [0.1, 0.15) is 0 Å². The van der Waals surface area contributed by atoms with Crippen LogP contribution in [0.15, 0.2) is 28.9 Å². The number of halogens is 2. The van der Waals surface area contributed by atoms with Gasteiger partial charge in [0.25, 0.3) is 0 Å². The molecular weight excluding hydrogens is 255 g/mol. The molecule has 0 aliphatic heterocycles. The Morgan fingerprint density at radius 1 is 1.38 bits per heavy atom. The van der Waals surface area contributed by atoms with E-state index >= 15 is 0 Å². The summed E-state index contributed by atoms with van der Waals surface area (Å²) < 4.78 is 17.1. The van der Waals surface area contributed by atoms with Crippen LogP contribution in [0.5, 0.6) is 0 Å². The van der Waals surface area contributed by atoms with Crippen molar-refractivity contribution in [2.24, 2.45) is 0 Å². The van der Waals surface area contributed by atoms with Crippen molar-refractivity contribution >= 4 is 27.5 Å². The lowest BCUT2D eigenvalue weighted by Crippen LogP contribution is -1.78. The fourth-order valence-electron chi connectivity index (χ4n) is 0.944. The zero-order chi connectivity index (χ0) is 9.26. The summed E-state index contributed by atoms with van der Waals surface area (Å²) in [5.74, 6) is -0.263. The average molecular weight is 259 g/mol. The molecule has 0 fully saturated rings. The van der Waals surface area contributed by atoms with Gasteiger partial charge in [0, 0.05) is 0 Å². The quantitative estimate of drug-likeness (QED) is 0.786. The number of nitrogens with zero attached hydrogens (tertiary/aromatic N) is 2. The van der Waals surface area contributed by atoms with Gasteiger partial charge in [-0.2, -0.15) is 0 Å². The summed E-state index contributed by atoms with van der Waals surface area (Å²) >= 11 is 4.41. The summed E-state index contributed by atoms with van der Waals surface area (Å²) in [4.78, 5) is 0.931. The van der Waals surface area contributed by atoms with Crippen molar-refractivity contribution < 1.29 is 4.39 Å². The van der Waals surface area contributed by atoms with Crippen LogP contribution >= 0.6 is 27.5 Å². The van der Waals surface area contributed by atoms with Crippen molar-refractivity contribution in [1.29, 1.82) is 0 Å². The van der Waals surface area contributed by atoms with E-state index in [1.165, 1.54) is 17.6 Å². The van der Waals surface area contributed by atoms with Crippen molar-refractivity contribution in [1.82, 2.24) is 9.59 Å². The van der Waals surface area contributed by atoms with E-state index in [-0.39, 0.29) is 5.82 Å². The van der Waals surface area contributed by atoms with E-state index in [1.54, 1.807) is 18.3 Å². The number of hydrogen-bond donors (Lipinski definition) is 0. The van der Waals surface area contributed by atoms with Crippen molar-refractivity contribution in [3.8, 4) is 10.4 Å². The molecule has 0 N–H and O–H groups in total. The average Bonchev–Trinajstić information content (AvgIpc) is 2.62. The highest BCUT2D eigenvalue weighted by Gasteiger charge is 2.03. The topological polar surface area (TPSA) is 25.8 Å². The first-order valence-corrected chi connectivity index (χ1v) is 5.07. The first kappa shape index (κ1) is 8.77. The van der Waals surface area contributed by atoms with Crippen LogP contribution < -0.4 is 0 Å². The second kappa shape index (κ2) is 3.51. The van der Waals surface area contributed by atoms with Crippen LogP contribution in [0.2, 0.25) is 0 Å². The molecule has 0 amide bonds. The number of aromatic nitrogens is 2. The summed E-state index contributed by atoms with van der Waals surface area (Å²) in [5, 5.41) is 3.71. The van der Waals surface area contributed by atoms with Crippen molar-refractivity contribution in [3.05, 3.63) is 34.7 Å². The molecule has 0 saturated carbocycles. The van der Waals surface area contributed by atoms with Gasteiger partial charge in [-0.15, -0.1) is 5.10 Å². The Bertz CT molecular complexity index is 416. The Kier molecular flexibility index (Phi) is 2.37. The molecule has 1 aromatic carbocycles. The van der Waals surface area contributed by atoms with Crippen LogP contribution in [0.25, 0.3) is 10.4 Å². The van der Waals surface area contributed by atoms with Crippen LogP contribution in [0, 0.1) is 5.82 Å². The van der Waals surface area contributed by atoms with Gasteiger partial charge in [0.1, 0.15) is 5.82 Å².